The van der Waals surface area contributed by atoms with E-state index in [4.69, 9.17) is 0 Å². The van der Waals surface area contributed by atoms with E-state index in [1.165, 1.54) is 11.1 Å². The summed E-state index contributed by atoms with van der Waals surface area (Å²) in [7, 11) is 0. The second kappa shape index (κ2) is 9.27. The number of likely N-dealkylation sites (tertiary alicyclic amines) is 2. The van der Waals surface area contributed by atoms with Crippen LogP contribution in [0.4, 0.5) is 0 Å². The van der Waals surface area contributed by atoms with Crippen LogP contribution in [0.3, 0.4) is 0 Å². The van der Waals surface area contributed by atoms with Gasteiger partial charge in [0.2, 0.25) is 0 Å². The van der Waals surface area contributed by atoms with Crippen molar-refractivity contribution in [3.05, 3.63) is 93.7 Å². The maximum atomic E-state index is 12.8. The first kappa shape index (κ1) is 20.9. The van der Waals surface area contributed by atoms with E-state index in [-0.39, 0.29) is 11.8 Å². The summed E-state index contributed by atoms with van der Waals surface area (Å²) in [6, 6.07) is 20.8. The minimum absolute atomic E-state index is 0.0926. The lowest BCUT2D eigenvalue weighted by Crippen LogP contribution is -2.62. The average Bonchev–Trinajstić information content (AvgIpc) is 3.49. The summed E-state index contributed by atoms with van der Waals surface area (Å²) in [5, 5.41) is 7.48. The van der Waals surface area contributed by atoms with Crippen LogP contribution in [0, 0.1) is 0 Å². The number of rotatable bonds is 6. The predicted molar refractivity (Wildman–Crippen MR) is 127 cm³/mol. The van der Waals surface area contributed by atoms with Crippen LogP contribution in [0.5, 0.6) is 0 Å². The summed E-state index contributed by atoms with van der Waals surface area (Å²) in [4.78, 5) is 29.1. The lowest BCUT2D eigenvalue weighted by molar-refractivity contribution is 0.0552. The maximum Gasteiger partial charge on any atom is 0.254 e. The van der Waals surface area contributed by atoms with Gasteiger partial charge in [0.25, 0.3) is 11.8 Å². The van der Waals surface area contributed by atoms with Crippen molar-refractivity contribution in [3.8, 4) is 0 Å². The number of hydrogen-bond acceptors (Lipinski definition) is 4. The number of thiophene rings is 1. The number of amides is 2. The molecule has 2 aliphatic rings. The molecule has 0 spiro atoms. The molecule has 2 aliphatic heterocycles. The predicted octanol–water partition coefficient (Wildman–Crippen LogP) is 3.67. The van der Waals surface area contributed by atoms with Crippen LogP contribution >= 0.6 is 11.3 Å². The fourth-order valence-corrected chi connectivity index (χ4v) is 5.14. The Morgan fingerprint density at radius 2 is 1.50 bits per heavy atom. The zero-order chi connectivity index (χ0) is 21.9. The van der Waals surface area contributed by atoms with Crippen molar-refractivity contribution in [1.82, 2.24) is 15.1 Å². The Labute approximate surface area is 192 Å². The fraction of sp³-hybridized carbons (Fsp3) is 0.308. The smallest absolute Gasteiger partial charge is 0.254 e. The molecule has 2 fully saturated rings. The van der Waals surface area contributed by atoms with Gasteiger partial charge in [-0.15, -0.1) is 0 Å². The lowest BCUT2D eigenvalue weighted by atomic mass is 10.0. The van der Waals surface area contributed by atoms with Crippen LogP contribution in [0.15, 0.2) is 71.4 Å². The van der Waals surface area contributed by atoms with Crippen LogP contribution in [0.25, 0.3) is 0 Å². The Balaban J connectivity index is 1.08. The van der Waals surface area contributed by atoms with Gasteiger partial charge in [-0.2, -0.15) is 11.3 Å². The molecule has 1 N–H and O–H groups in total. The number of nitrogens with zero attached hydrogens (tertiary/aromatic N) is 2. The molecule has 0 bridgehead atoms. The van der Waals surface area contributed by atoms with Gasteiger partial charge in [-0.05, 0) is 47.5 Å². The summed E-state index contributed by atoms with van der Waals surface area (Å²) in [5.74, 6) is 0.215. The second-order valence-corrected chi connectivity index (χ2v) is 9.46. The van der Waals surface area contributed by atoms with Crippen molar-refractivity contribution in [1.29, 1.82) is 0 Å². The van der Waals surface area contributed by atoms with Gasteiger partial charge >= 0.3 is 0 Å². The van der Waals surface area contributed by atoms with Gasteiger partial charge in [0.1, 0.15) is 0 Å². The minimum Gasteiger partial charge on any atom is -0.337 e. The molecule has 6 heteroatoms. The molecule has 1 aromatic heterocycles. The SMILES string of the molecule is O=C(c1ccsc1)N1CCC(NC2CN(C(=O)c3ccc(Cc4ccccc4)cc3)C2)C1. The van der Waals surface area contributed by atoms with Crippen molar-refractivity contribution in [2.24, 2.45) is 0 Å². The summed E-state index contributed by atoms with van der Waals surface area (Å²) in [5.41, 5.74) is 4.00. The first-order chi connectivity index (χ1) is 15.7. The van der Waals surface area contributed by atoms with Gasteiger partial charge < -0.3 is 15.1 Å². The molecule has 5 rings (SSSR count). The molecule has 3 heterocycles. The van der Waals surface area contributed by atoms with E-state index in [1.54, 1.807) is 11.3 Å². The Kier molecular flexibility index (Phi) is 6.06. The van der Waals surface area contributed by atoms with Gasteiger partial charge in [-0.25, -0.2) is 0 Å². The number of carbonyl (C=O) groups is 2. The van der Waals surface area contributed by atoms with Gasteiger partial charge in [0.05, 0.1) is 5.56 Å². The van der Waals surface area contributed by atoms with E-state index >= 15 is 0 Å². The van der Waals surface area contributed by atoms with Crippen LogP contribution < -0.4 is 5.32 Å². The molecular weight excluding hydrogens is 418 g/mol. The molecule has 0 aliphatic carbocycles. The van der Waals surface area contributed by atoms with Crippen molar-refractivity contribution in [2.75, 3.05) is 26.2 Å². The second-order valence-electron chi connectivity index (χ2n) is 8.68. The van der Waals surface area contributed by atoms with Crippen molar-refractivity contribution < 1.29 is 9.59 Å². The highest BCUT2D eigenvalue weighted by atomic mass is 32.1. The molecule has 2 saturated heterocycles. The summed E-state index contributed by atoms with van der Waals surface area (Å²) >= 11 is 1.55. The topological polar surface area (TPSA) is 52.7 Å². The Hall–Kier alpha value is -2.96. The highest BCUT2D eigenvalue weighted by molar-refractivity contribution is 7.08. The third-order valence-corrected chi connectivity index (χ3v) is 7.02. The standard InChI is InChI=1S/C26H27N3O2S/c30-25(21-8-6-20(7-9-21)14-19-4-2-1-3-5-19)29-16-24(17-29)27-23-10-12-28(15-23)26(31)22-11-13-32-18-22/h1-9,11,13,18,23-24,27H,10,12,14-17H2. The quantitative estimate of drug-likeness (QED) is 0.630. The van der Waals surface area contributed by atoms with Crippen LogP contribution in [-0.4, -0.2) is 59.9 Å². The van der Waals surface area contributed by atoms with E-state index in [1.807, 2.05) is 69.1 Å². The zero-order valence-corrected chi connectivity index (χ0v) is 18.8. The molecule has 5 nitrogen and oxygen atoms in total. The maximum absolute atomic E-state index is 12.8. The largest absolute Gasteiger partial charge is 0.337 e. The summed E-state index contributed by atoms with van der Waals surface area (Å²) in [6.07, 6.45) is 1.83. The molecule has 2 amide bonds. The molecular formula is C26H27N3O2S. The van der Waals surface area contributed by atoms with Gasteiger partial charge in [-0.1, -0.05) is 42.5 Å². The molecule has 3 aromatic rings. The van der Waals surface area contributed by atoms with Crippen molar-refractivity contribution in [2.45, 2.75) is 24.9 Å². The molecule has 2 aromatic carbocycles. The first-order valence-corrected chi connectivity index (χ1v) is 12.1. The highest BCUT2D eigenvalue weighted by Gasteiger charge is 2.35. The third-order valence-electron chi connectivity index (χ3n) is 6.34. The molecule has 0 radical (unpaired) electrons. The van der Waals surface area contributed by atoms with E-state index in [0.29, 0.717) is 12.1 Å². The van der Waals surface area contributed by atoms with E-state index < -0.39 is 0 Å². The zero-order valence-electron chi connectivity index (χ0n) is 17.9. The van der Waals surface area contributed by atoms with Crippen molar-refractivity contribution in [3.63, 3.8) is 0 Å². The first-order valence-electron chi connectivity index (χ1n) is 11.2. The van der Waals surface area contributed by atoms with Gasteiger partial charge in [0.15, 0.2) is 0 Å². The fourth-order valence-electron chi connectivity index (χ4n) is 4.51. The van der Waals surface area contributed by atoms with Crippen LogP contribution in [0.2, 0.25) is 0 Å². The van der Waals surface area contributed by atoms with Gasteiger partial charge in [0, 0.05) is 49.2 Å². The van der Waals surface area contributed by atoms with Gasteiger partial charge in [-0.3, -0.25) is 9.59 Å². The number of benzene rings is 2. The number of carbonyl (C=O) groups excluding carboxylic acids is 2. The third kappa shape index (κ3) is 4.61. The Bertz CT molecular complexity index is 1060. The van der Waals surface area contributed by atoms with Crippen LogP contribution in [0.1, 0.15) is 38.3 Å². The van der Waals surface area contributed by atoms with E-state index in [9.17, 15) is 9.59 Å². The number of hydrogen-bond donors (Lipinski definition) is 1. The molecule has 32 heavy (non-hydrogen) atoms. The van der Waals surface area contributed by atoms with Crippen molar-refractivity contribution >= 4 is 23.2 Å². The number of nitrogens with one attached hydrogen (secondary N) is 1. The normalized spacial score (nSPS) is 18.6. The molecule has 164 valence electrons. The Morgan fingerprint density at radius 1 is 0.812 bits per heavy atom. The monoisotopic (exact) mass is 445 g/mol. The van der Waals surface area contributed by atoms with E-state index in [0.717, 1.165) is 50.1 Å². The molecule has 0 saturated carbocycles. The summed E-state index contributed by atoms with van der Waals surface area (Å²) in [6.45, 7) is 2.97. The minimum atomic E-state index is 0.0926. The van der Waals surface area contributed by atoms with Crippen LogP contribution in [-0.2, 0) is 6.42 Å². The average molecular weight is 446 g/mol. The molecule has 1 unspecified atom stereocenters. The summed E-state index contributed by atoms with van der Waals surface area (Å²) < 4.78 is 0. The lowest BCUT2D eigenvalue weighted by Gasteiger charge is -2.41. The van der Waals surface area contributed by atoms with E-state index in [2.05, 4.69) is 17.4 Å². The highest BCUT2D eigenvalue weighted by Crippen LogP contribution is 2.19. The molecule has 1 atom stereocenters. The Morgan fingerprint density at radius 3 is 2.22 bits per heavy atom.